The summed E-state index contributed by atoms with van der Waals surface area (Å²) in [6.07, 6.45) is 2.27. The van der Waals surface area contributed by atoms with Gasteiger partial charge < -0.3 is 0 Å². The van der Waals surface area contributed by atoms with Gasteiger partial charge in [0.15, 0.2) is 0 Å². The maximum absolute atomic E-state index is 2.40. The van der Waals surface area contributed by atoms with E-state index in [0.29, 0.717) is 0 Å². The second kappa shape index (κ2) is 6.55. The lowest BCUT2D eigenvalue weighted by atomic mass is 10.0. The van der Waals surface area contributed by atoms with Gasteiger partial charge in [0, 0.05) is 0 Å². The predicted molar refractivity (Wildman–Crippen MR) is 106 cm³/mol. The predicted octanol–water partition coefficient (Wildman–Crippen LogP) is 4.56. The first-order valence-corrected chi connectivity index (χ1v) is 15.3. The molecule has 2 aromatic rings. The Labute approximate surface area is 138 Å². The molecule has 0 N–H and O–H groups in total. The maximum Gasteiger partial charge on any atom is 0.0775 e. The second-order valence-electron chi connectivity index (χ2n) is 8.39. The molecule has 0 aromatic heterocycles. The highest BCUT2D eigenvalue weighted by atomic mass is 28.3. The molecule has 0 nitrogen and oxygen atoms in total. The van der Waals surface area contributed by atoms with Crippen LogP contribution in [0.4, 0.5) is 0 Å². The van der Waals surface area contributed by atoms with E-state index in [-0.39, 0.29) is 0 Å². The number of rotatable bonds is 5. The number of hydrogen-bond donors (Lipinski definition) is 0. The van der Waals surface area contributed by atoms with Gasteiger partial charge in [-0.25, -0.2) is 0 Å². The summed E-state index contributed by atoms with van der Waals surface area (Å²) >= 11 is 0. The zero-order valence-corrected chi connectivity index (χ0v) is 17.0. The van der Waals surface area contributed by atoms with Crippen LogP contribution in [-0.4, -0.2) is 16.1 Å². The molecule has 0 aliphatic carbocycles. The van der Waals surface area contributed by atoms with Gasteiger partial charge in [-0.3, -0.25) is 0 Å². The minimum Gasteiger partial charge on any atom is -0.0656 e. The van der Waals surface area contributed by atoms with E-state index in [1.807, 2.05) is 0 Å². The van der Waals surface area contributed by atoms with E-state index in [1.54, 1.807) is 10.4 Å². The van der Waals surface area contributed by atoms with Gasteiger partial charge in [0.05, 0.1) is 16.1 Å². The minimum absolute atomic E-state index is 1.14. The van der Waals surface area contributed by atoms with E-state index in [9.17, 15) is 0 Å². The Hall–Kier alpha value is -1.13. The van der Waals surface area contributed by atoms with Gasteiger partial charge in [-0.1, -0.05) is 98.2 Å². The Kier molecular flexibility index (Phi) is 5.13. The van der Waals surface area contributed by atoms with E-state index in [1.165, 1.54) is 11.1 Å². The van der Waals surface area contributed by atoms with E-state index >= 15 is 0 Å². The van der Waals surface area contributed by atoms with Crippen LogP contribution in [0.2, 0.25) is 39.3 Å². The van der Waals surface area contributed by atoms with Gasteiger partial charge in [-0.2, -0.15) is 0 Å². The zero-order chi connectivity index (χ0) is 16.4. The van der Waals surface area contributed by atoms with Crippen LogP contribution >= 0.6 is 0 Å². The summed E-state index contributed by atoms with van der Waals surface area (Å²) in [5.74, 6) is 0. The van der Waals surface area contributed by atoms with E-state index in [0.717, 1.165) is 12.8 Å². The van der Waals surface area contributed by atoms with Crippen LogP contribution < -0.4 is 10.4 Å². The maximum atomic E-state index is 2.40. The van der Waals surface area contributed by atoms with Gasteiger partial charge in [-0.15, -0.1) is 0 Å². The molecule has 2 heteroatoms. The monoisotopic (exact) mass is 326 g/mol. The summed E-state index contributed by atoms with van der Waals surface area (Å²) in [7, 11) is -2.33. The molecule has 22 heavy (non-hydrogen) atoms. The largest absolute Gasteiger partial charge is 0.0775 e. The molecule has 0 fully saturated rings. The van der Waals surface area contributed by atoms with E-state index < -0.39 is 16.1 Å². The van der Waals surface area contributed by atoms with E-state index in [4.69, 9.17) is 0 Å². The van der Waals surface area contributed by atoms with E-state index in [2.05, 4.69) is 87.8 Å². The quantitative estimate of drug-likeness (QED) is 0.707. The number of benzene rings is 2. The lowest BCUT2D eigenvalue weighted by Gasteiger charge is -2.17. The highest BCUT2D eigenvalue weighted by Gasteiger charge is 2.16. The standard InChI is InChI=1S/C20H30Si2/c1-21(2,3)19-13-9-17(10-14-19)7-8-18-11-15-20(16-12-18)22(4,5)6/h9-16H,7-8H2,1-6H3. The molecular formula is C20H30Si2. The molecule has 118 valence electrons. The third kappa shape index (κ3) is 4.69. The van der Waals surface area contributed by atoms with Crippen molar-refractivity contribution < 1.29 is 0 Å². The second-order valence-corrected chi connectivity index (χ2v) is 18.5. The van der Waals surface area contributed by atoms with Crippen molar-refractivity contribution in [1.82, 2.24) is 0 Å². The smallest absolute Gasteiger partial charge is 0.0656 e. The lowest BCUT2D eigenvalue weighted by molar-refractivity contribution is 0.961. The van der Waals surface area contributed by atoms with Crippen LogP contribution in [0.25, 0.3) is 0 Å². The fourth-order valence-corrected chi connectivity index (χ4v) is 4.96. The van der Waals surface area contributed by atoms with Crippen LogP contribution in [0.15, 0.2) is 48.5 Å². The fraction of sp³-hybridized carbons (Fsp3) is 0.400. The van der Waals surface area contributed by atoms with Gasteiger partial charge in [0.2, 0.25) is 0 Å². The Balaban J connectivity index is 1.98. The zero-order valence-electron chi connectivity index (χ0n) is 15.0. The number of hydrogen-bond acceptors (Lipinski definition) is 0. The Morgan fingerprint density at radius 2 is 0.773 bits per heavy atom. The van der Waals surface area contributed by atoms with Gasteiger partial charge in [0.1, 0.15) is 0 Å². The van der Waals surface area contributed by atoms with Crippen molar-refractivity contribution in [3.63, 3.8) is 0 Å². The third-order valence-corrected chi connectivity index (χ3v) is 8.47. The van der Waals surface area contributed by atoms with Gasteiger partial charge in [0.25, 0.3) is 0 Å². The Bertz CT molecular complexity index is 539. The molecule has 0 aliphatic rings. The summed E-state index contributed by atoms with van der Waals surface area (Å²) in [5, 5.41) is 3.10. The third-order valence-electron chi connectivity index (χ3n) is 4.34. The van der Waals surface area contributed by atoms with Crippen molar-refractivity contribution in [2.45, 2.75) is 52.1 Å². The highest BCUT2D eigenvalue weighted by molar-refractivity contribution is 6.89. The molecule has 2 rings (SSSR count). The molecule has 0 amide bonds. The Morgan fingerprint density at radius 3 is 1.00 bits per heavy atom. The molecule has 0 heterocycles. The molecule has 0 bridgehead atoms. The minimum atomic E-state index is -1.16. The van der Waals surface area contributed by atoms with Crippen molar-refractivity contribution in [1.29, 1.82) is 0 Å². The van der Waals surface area contributed by atoms with Crippen molar-refractivity contribution in [2.75, 3.05) is 0 Å². The first-order valence-electron chi connectivity index (χ1n) is 8.35. The molecule has 2 aromatic carbocycles. The van der Waals surface area contributed by atoms with Crippen molar-refractivity contribution >= 4 is 26.5 Å². The van der Waals surface area contributed by atoms with Crippen LogP contribution in [0, 0.1) is 0 Å². The lowest BCUT2D eigenvalue weighted by Crippen LogP contribution is -2.37. The average Bonchev–Trinajstić information content (AvgIpc) is 2.44. The van der Waals surface area contributed by atoms with Crippen LogP contribution in [-0.2, 0) is 12.8 Å². The van der Waals surface area contributed by atoms with Crippen molar-refractivity contribution in [2.24, 2.45) is 0 Å². The van der Waals surface area contributed by atoms with Crippen LogP contribution in [0.5, 0.6) is 0 Å². The van der Waals surface area contributed by atoms with Crippen molar-refractivity contribution in [3.8, 4) is 0 Å². The summed E-state index contributed by atoms with van der Waals surface area (Å²) in [6.45, 7) is 14.4. The summed E-state index contributed by atoms with van der Waals surface area (Å²) < 4.78 is 0. The highest BCUT2D eigenvalue weighted by Crippen LogP contribution is 2.10. The molecule has 0 saturated heterocycles. The molecule has 0 saturated carbocycles. The SMILES string of the molecule is C[Si](C)(C)c1ccc(CCc2ccc([Si](C)(C)C)cc2)cc1. The van der Waals surface area contributed by atoms with Crippen LogP contribution in [0.1, 0.15) is 11.1 Å². The van der Waals surface area contributed by atoms with Gasteiger partial charge >= 0.3 is 0 Å². The molecule has 0 unspecified atom stereocenters. The average molecular weight is 327 g/mol. The van der Waals surface area contributed by atoms with Crippen LogP contribution in [0.3, 0.4) is 0 Å². The van der Waals surface area contributed by atoms with Gasteiger partial charge in [-0.05, 0) is 24.0 Å². The summed E-state index contributed by atoms with van der Waals surface area (Å²) in [5.41, 5.74) is 2.91. The fourth-order valence-electron chi connectivity index (χ4n) is 2.63. The summed E-state index contributed by atoms with van der Waals surface area (Å²) in [6, 6.07) is 18.7. The summed E-state index contributed by atoms with van der Waals surface area (Å²) in [4.78, 5) is 0. The topological polar surface area (TPSA) is 0 Å². The van der Waals surface area contributed by atoms with Crippen molar-refractivity contribution in [3.05, 3.63) is 59.7 Å². The molecule has 0 atom stereocenters. The molecule has 0 radical (unpaired) electrons. The Morgan fingerprint density at radius 1 is 0.500 bits per heavy atom. The first kappa shape index (κ1) is 17.2. The molecular weight excluding hydrogens is 296 g/mol. The normalized spacial score (nSPS) is 12.5. The first-order chi connectivity index (χ1) is 10.2. The molecule has 0 spiro atoms. The number of aryl methyl sites for hydroxylation is 2. The molecule has 0 aliphatic heterocycles.